The monoisotopic (exact) mass is 392 g/mol. The van der Waals surface area contributed by atoms with Gasteiger partial charge in [0.1, 0.15) is 0 Å². The fourth-order valence-electron chi connectivity index (χ4n) is 3.46. The van der Waals surface area contributed by atoms with Gasteiger partial charge in [-0.3, -0.25) is 4.79 Å². The molecule has 0 saturated heterocycles. The summed E-state index contributed by atoms with van der Waals surface area (Å²) in [5, 5.41) is 3.05. The predicted octanol–water partition coefficient (Wildman–Crippen LogP) is 4.15. The molecule has 0 bridgehead atoms. The average Bonchev–Trinajstić information content (AvgIpc) is 3.26. The van der Waals surface area contributed by atoms with Crippen LogP contribution in [0.25, 0.3) is 0 Å². The Hall–Kier alpha value is -3.21. The molecule has 0 aliphatic carbocycles. The number of aryl methyl sites for hydroxylation is 1. The van der Waals surface area contributed by atoms with Gasteiger partial charge in [-0.15, -0.1) is 0 Å². The van der Waals surface area contributed by atoms with Crippen molar-refractivity contribution < 1.29 is 14.3 Å². The summed E-state index contributed by atoms with van der Waals surface area (Å²) < 4.78 is 12.7. The molecule has 0 fully saturated rings. The van der Waals surface area contributed by atoms with E-state index in [1.807, 2.05) is 48.8 Å². The molecule has 1 atom stereocenters. The summed E-state index contributed by atoms with van der Waals surface area (Å²) in [6.45, 7) is 2.64. The van der Waals surface area contributed by atoms with Crippen LogP contribution in [0.2, 0.25) is 0 Å². The highest BCUT2D eigenvalue weighted by Gasteiger charge is 2.17. The number of ether oxygens (including phenoxy) is 2. The number of hydrogen-bond acceptors (Lipinski definition) is 3. The number of nitrogens with one attached hydrogen (secondary N) is 1. The molecule has 152 valence electrons. The largest absolute Gasteiger partial charge is 0.493 e. The molecular weight excluding hydrogens is 364 g/mol. The minimum absolute atomic E-state index is 0.0222. The topological polar surface area (TPSA) is 52.5 Å². The summed E-state index contributed by atoms with van der Waals surface area (Å²) >= 11 is 0. The molecule has 0 aliphatic rings. The molecule has 0 saturated carbocycles. The van der Waals surface area contributed by atoms with Crippen LogP contribution in [0, 0.1) is 6.92 Å². The summed E-state index contributed by atoms with van der Waals surface area (Å²) in [5.41, 5.74) is 3.41. The van der Waals surface area contributed by atoms with E-state index in [9.17, 15) is 4.79 Å². The van der Waals surface area contributed by atoms with Gasteiger partial charge in [0.05, 0.1) is 26.7 Å². The van der Waals surface area contributed by atoms with Gasteiger partial charge in [0, 0.05) is 18.9 Å². The number of aromatic nitrogens is 1. The number of rotatable bonds is 9. The second-order valence-electron chi connectivity index (χ2n) is 7.05. The lowest BCUT2D eigenvalue weighted by Gasteiger charge is -2.20. The maximum atomic E-state index is 12.7. The van der Waals surface area contributed by atoms with Crippen LogP contribution in [0.5, 0.6) is 11.5 Å². The van der Waals surface area contributed by atoms with Crippen molar-refractivity contribution >= 4 is 5.91 Å². The van der Waals surface area contributed by atoms with Gasteiger partial charge < -0.3 is 19.4 Å². The summed E-state index contributed by atoms with van der Waals surface area (Å²) in [5.74, 6) is 1.43. The number of methoxy groups -OCH3 is 2. The molecule has 0 spiro atoms. The first-order chi connectivity index (χ1) is 14.1. The van der Waals surface area contributed by atoms with E-state index in [4.69, 9.17) is 9.47 Å². The number of carbonyl (C=O) groups excluding carboxylic acids is 1. The molecule has 3 aromatic rings. The van der Waals surface area contributed by atoms with Gasteiger partial charge >= 0.3 is 0 Å². The van der Waals surface area contributed by atoms with Crippen molar-refractivity contribution in [3.8, 4) is 11.5 Å². The number of amides is 1. The zero-order valence-electron chi connectivity index (χ0n) is 17.2. The molecular formula is C24H28N2O3. The third kappa shape index (κ3) is 5.41. The van der Waals surface area contributed by atoms with Gasteiger partial charge in [0.25, 0.3) is 0 Å². The highest BCUT2D eigenvalue weighted by molar-refractivity contribution is 5.76. The third-order valence-electron chi connectivity index (χ3n) is 4.98. The first-order valence-electron chi connectivity index (χ1n) is 9.77. The van der Waals surface area contributed by atoms with Crippen LogP contribution in [-0.2, 0) is 11.2 Å². The molecule has 0 unspecified atom stereocenters. The van der Waals surface area contributed by atoms with Gasteiger partial charge in [-0.25, -0.2) is 0 Å². The molecule has 5 heteroatoms. The fourth-order valence-corrected chi connectivity index (χ4v) is 3.46. The van der Waals surface area contributed by atoms with Crippen molar-refractivity contribution in [1.29, 1.82) is 0 Å². The second kappa shape index (κ2) is 9.82. The van der Waals surface area contributed by atoms with Crippen LogP contribution in [0.3, 0.4) is 0 Å². The van der Waals surface area contributed by atoms with Gasteiger partial charge in [-0.2, -0.15) is 0 Å². The highest BCUT2D eigenvalue weighted by atomic mass is 16.5. The van der Waals surface area contributed by atoms with E-state index in [1.165, 1.54) is 5.56 Å². The van der Waals surface area contributed by atoms with E-state index in [2.05, 4.69) is 35.0 Å². The lowest BCUT2D eigenvalue weighted by Crippen LogP contribution is -2.28. The summed E-state index contributed by atoms with van der Waals surface area (Å²) in [6, 6.07) is 18.1. The average molecular weight is 392 g/mol. The van der Waals surface area contributed by atoms with Crippen molar-refractivity contribution in [1.82, 2.24) is 9.88 Å². The highest BCUT2D eigenvalue weighted by Crippen LogP contribution is 2.27. The van der Waals surface area contributed by atoms with E-state index in [1.54, 1.807) is 14.2 Å². The maximum absolute atomic E-state index is 12.7. The number of hydrogen-bond donors (Lipinski definition) is 1. The van der Waals surface area contributed by atoms with Crippen molar-refractivity contribution in [3.05, 3.63) is 83.7 Å². The number of nitrogens with zero attached hydrogens (tertiary/aromatic N) is 1. The Morgan fingerprint density at radius 3 is 2.45 bits per heavy atom. The summed E-state index contributed by atoms with van der Waals surface area (Å²) in [6.07, 6.45) is 5.13. The molecule has 1 N–H and O–H groups in total. The van der Waals surface area contributed by atoms with Gasteiger partial charge in [0.2, 0.25) is 5.91 Å². The second-order valence-corrected chi connectivity index (χ2v) is 7.05. The van der Waals surface area contributed by atoms with E-state index in [0.29, 0.717) is 24.5 Å². The molecule has 1 heterocycles. The van der Waals surface area contributed by atoms with Crippen LogP contribution in [0.4, 0.5) is 0 Å². The van der Waals surface area contributed by atoms with Crippen LogP contribution in [0.15, 0.2) is 67.0 Å². The number of carbonyl (C=O) groups is 1. The molecule has 0 radical (unpaired) electrons. The van der Waals surface area contributed by atoms with Crippen LogP contribution in [0.1, 0.15) is 29.2 Å². The summed E-state index contributed by atoms with van der Waals surface area (Å²) in [4.78, 5) is 12.7. The Kier molecular flexibility index (Phi) is 6.95. The van der Waals surface area contributed by atoms with Gasteiger partial charge in [-0.1, -0.05) is 35.9 Å². The molecule has 1 aromatic heterocycles. The van der Waals surface area contributed by atoms with E-state index in [-0.39, 0.29) is 11.9 Å². The Labute approximate surface area is 172 Å². The van der Waals surface area contributed by atoms with Crippen molar-refractivity contribution in [3.63, 3.8) is 0 Å². The quantitative estimate of drug-likeness (QED) is 0.595. The standard InChI is InChI=1S/C24H28N2O3/c1-18-7-6-8-20(15-18)21(26-13-4-5-14-26)17-24(27)25-12-11-19-9-10-22(28-2)23(16-19)29-3/h4-10,13-16,21H,11-12,17H2,1-3H3,(H,25,27)/t21-/m0/s1. The lowest BCUT2D eigenvalue weighted by molar-refractivity contribution is -0.121. The van der Waals surface area contributed by atoms with E-state index >= 15 is 0 Å². The molecule has 0 aliphatic heterocycles. The summed E-state index contributed by atoms with van der Waals surface area (Å²) in [7, 11) is 3.24. The zero-order valence-corrected chi connectivity index (χ0v) is 17.2. The minimum Gasteiger partial charge on any atom is -0.493 e. The number of benzene rings is 2. The van der Waals surface area contributed by atoms with Gasteiger partial charge in [0.15, 0.2) is 11.5 Å². The van der Waals surface area contributed by atoms with Crippen molar-refractivity contribution in [2.45, 2.75) is 25.8 Å². The fraction of sp³-hybridized carbons (Fsp3) is 0.292. The Morgan fingerprint density at radius 2 is 1.76 bits per heavy atom. The van der Waals surface area contributed by atoms with Crippen molar-refractivity contribution in [2.24, 2.45) is 0 Å². The SMILES string of the molecule is COc1ccc(CCNC(=O)C[C@@H](c2cccc(C)c2)n2cccc2)cc1OC. The zero-order chi connectivity index (χ0) is 20.6. The Bertz CT molecular complexity index is 935. The normalized spacial score (nSPS) is 11.7. The van der Waals surface area contributed by atoms with E-state index in [0.717, 1.165) is 17.5 Å². The van der Waals surface area contributed by atoms with Gasteiger partial charge in [-0.05, 0) is 48.7 Å². The molecule has 1 amide bonds. The first-order valence-corrected chi connectivity index (χ1v) is 9.77. The Morgan fingerprint density at radius 1 is 1.00 bits per heavy atom. The van der Waals surface area contributed by atoms with Crippen LogP contribution < -0.4 is 14.8 Å². The molecule has 2 aromatic carbocycles. The van der Waals surface area contributed by atoms with Crippen molar-refractivity contribution in [2.75, 3.05) is 20.8 Å². The third-order valence-corrected chi connectivity index (χ3v) is 4.98. The molecule has 3 rings (SSSR count). The molecule has 29 heavy (non-hydrogen) atoms. The lowest BCUT2D eigenvalue weighted by atomic mass is 10.0. The van der Waals surface area contributed by atoms with Crippen LogP contribution >= 0.6 is 0 Å². The van der Waals surface area contributed by atoms with Crippen LogP contribution in [-0.4, -0.2) is 31.2 Å². The molecule has 5 nitrogen and oxygen atoms in total. The maximum Gasteiger partial charge on any atom is 0.222 e. The predicted molar refractivity (Wildman–Crippen MR) is 115 cm³/mol. The first kappa shape index (κ1) is 20.5. The minimum atomic E-state index is -0.0222. The van der Waals surface area contributed by atoms with E-state index < -0.39 is 0 Å². The Balaban J connectivity index is 1.61. The smallest absolute Gasteiger partial charge is 0.222 e.